The Morgan fingerprint density at radius 2 is 1.67 bits per heavy atom. The molecule has 0 unspecified atom stereocenters. The van der Waals surface area contributed by atoms with Crippen molar-refractivity contribution < 1.29 is 14.4 Å². The predicted molar refractivity (Wildman–Crippen MR) is 127 cm³/mol. The molecule has 0 atom stereocenters. The van der Waals surface area contributed by atoms with E-state index in [1.807, 2.05) is 4.90 Å². The van der Waals surface area contributed by atoms with Gasteiger partial charge in [0, 0.05) is 48.6 Å². The van der Waals surface area contributed by atoms with E-state index in [0.29, 0.717) is 29.9 Å². The van der Waals surface area contributed by atoms with Gasteiger partial charge in [-0.05, 0) is 62.9 Å². The van der Waals surface area contributed by atoms with Gasteiger partial charge in [-0.2, -0.15) is 0 Å². The molecule has 1 fully saturated rings. The first-order valence-electron chi connectivity index (χ1n) is 11.8. The highest BCUT2D eigenvalue weighted by Crippen LogP contribution is 2.34. The van der Waals surface area contributed by atoms with E-state index < -0.39 is 0 Å². The molecule has 5 rings (SSSR count). The van der Waals surface area contributed by atoms with Crippen molar-refractivity contribution in [3.8, 4) is 0 Å². The molecule has 3 aromatic rings. The van der Waals surface area contributed by atoms with Crippen LogP contribution in [-0.2, 0) is 4.79 Å². The lowest BCUT2D eigenvalue weighted by atomic mass is 9.91. The number of nitrogens with one attached hydrogen (secondary N) is 1. The Kier molecular flexibility index (Phi) is 5.52. The first-order chi connectivity index (χ1) is 15.9. The van der Waals surface area contributed by atoms with Crippen molar-refractivity contribution in [2.75, 3.05) is 19.6 Å². The lowest BCUT2D eigenvalue weighted by molar-refractivity contribution is -0.132. The molecule has 170 valence electrons. The monoisotopic (exact) mass is 443 g/mol. The van der Waals surface area contributed by atoms with E-state index in [4.69, 9.17) is 0 Å². The maximum atomic E-state index is 12.8. The maximum Gasteiger partial charge on any atom is 0.261 e. The average Bonchev–Trinajstić information content (AvgIpc) is 3.28. The van der Waals surface area contributed by atoms with E-state index in [1.54, 1.807) is 24.3 Å². The van der Waals surface area contributed by atoms with Crippen LogP contribution in [0.15, 0.2) is 42.5 Å². The van der Waals surface area contributed by atoms with Crippen molar-refractivity contribution in [3.63, 3.8) is 0 Å². The number of carbonyl (C=O) groups is 3. The lowest BCUT2D eigenvalue weighted by Gasteiger charge is -2.32. The molecule has 1 N–H and O–H groups in total. The molecule has 0 bridgehead atoms. The maximum absolute atomic E-state index is 12.8. The molecule has 6 nitrogen and oxygen atoms in total. The fourth-order valence-electron chi connectivity index (χ4n) is 5.28. The smallest absolute Gasteiger partial charge is 0.261 e. The van der Waals surface area contributed by atoms with E-state index in [2.05, 4.69) is 37.0 Å². The number of rotatable bonds is 5. The van der Waals surface area contributed by atoms with Gasteiger partial charge in [0.25, 0.3) is 11.8 Å². The van der Waals surface area contributed by atoms with Crippen LogP contribution in [0, 0.1) is 13.8 Å². The van der Waals surface area contributed by atoms with E-state index in [9.17, 15) is 14.4 Å². The highest BCUT2D eigenvalue weighted by Gasteiger charge is 2.35. The summed E-state index contributed by atoms with van der Waals surface area (Å²) in [5, 5.41) is 1.29. The summed E-state index contributed by atoms with van der Waals surface area (Å²) in [5.41, 5.74) is 5.97. The van der Waals surface area contributed by atoms with Crippen molar-refractivity contribution >= 4 is 28.6 Å². The Hall–Kier alpha value is -3.41. The fraction of sp³-hybridized carbons (Fsp3) is 0.370. The van der Waals surface area contributed by atoms with Gasteiger partial charge in [0.2, 0.25) is 5.91 Å². The largest absolute Gasteiger partial charge is 0.358 e. The number of aromatic nitrogens is 1. The number of nitrogens with zero attached hydrogens (tertiary/aromatic N) is 2. The third-order valence-corrected chi connectivity index (χ3v) is 7.16. The summed E-state index contributed by atoms with van der Waals surface area (Å²) in [5.74, 6) is 0.0229. The van der Waals surface area contributed by atoms with Gasteiger partial charge < -0.3 is 9.88 Å². The molecule has 3 amide bonds. The number of benzene rings is 2. The van der Waals surface area contributed by atoms with Crippen LogP contribution in [-0.4, -0.2) is 52.1 Å². The summed E-state index contributed by atoms with van der Waals surface area (Å²) in [6.07, 6.45) is 2.72. The molecular weight excluding hydrogens is 414 g/mol. The van der Waals surface area contributed by atoms with Crippen LogP contribution in [0.1, 0.15) is 69.1 Å². The zero-order chi connectivity index (χ0) is 23.1. The number of likely N-dealkylation sites (tertiary alicyclic amines) is 1. The Bertz CT molecular complexity index is 1220. The SMILES string of the molecule is Cc1ccc2[nH]c(C3CCN(C(=O)CCCN4C(=O)c5ccccc5C4=O)CC3)c(C)c2c1. The van der Waals surface area contributed by atoms with Crippen molar-refractivity contribution in [3.05, 3.63) is 70.4 Å². The molecule has 0 spiro atoms. The number of fused-ring (bicyclic) bond motifs is 2. The van der Waals surface area contributed by atoms with Gasteiger partial charge in [0.1, 0.15) is 0 Å². The first kappa shape index (κ1) is 21.4. The van der Waals surface area contributed by atoms with E-state index >= 15 is 0 Å². The first-order valence-corrected chi connectivity index (χ1v) is 11.8. The number of imide groups is 1. The number of aryl methyl sites for hydroxylation is 2. The second-order valence-electron chi connectivity index (χ2n) is 9.28. The number of carbonyl (C=O) groups excluding carboxylic acids is 3. The van der Waals surface area contributed by atoms with Crippen molar-refractivity contribution in [2.45, 2.75) is 45.4 Å². The van der Waals surface area contributed by atoms with Crippen LogP contribution in [0.2, 0.25) is 0 Å². The predicted octanol–water partition coefficient (Wildman–Crippen LogP) is 4.57. The van der Waals surface area contributed by atoms with Gasteiger partial charge in [-0.3, -0.25) is 19.3 Å². The molecule has 0 aliphatic carbocycles. The quantitative estimate of drug-likeness (QED) is 0.587. The van der Waals surface area contributed by atoms with Crippen LogP contribution in [0.4, 0.5) is 0 Å². The Morgan fingerprint density at radius 3 is 2.33 bits per heavy atom. The van der Waals surface area contributed by atoms with Gasteiger partial charge in [0.15, 0.2) is 0 Å². The summed E-state index contributed by atoms with van der Waals surface area (Å²) in [6, 6.07) is 13.4. The summed E-state index contributed by atoms with van der Waals surface area (Å²) in [4.78, 5) is 44.5. The number of hydrogen-bond donors (Lipinski definition) is 1. The van der Waals surface area contributed by atoms with E-state index in [-0.39, 0.29) is 24.3 Å². The van der Waals surface area contributed by atoms with Crippen molar-refractivity contribution in [1.29, 1.82) is 0 Å². The molecular formula is C27H29N3O3. The Morgan fingerprint density at radius 1 is 1.00 bits per heavy atom. The molecule has 6 heteroatoms. The van der Waals surface area contributed by atoms with Gasteiger partial charge >= 0.3 is 0 Å². The zero-order valence-electron chi connectivity index (χ0n) is 19.2. The highest BCUT2D eigenvalue weighted by atomic mass is 16.2. The molecule has 2 aliphatic heterocycles. The van der Waals surface area contributed by atoms with E-state index in [1.165, 1.54) is 32.6 Å². The van der Waals surface area contributed by atoms with E-state index in [0.717, 1.165) is 25.9 Å². The normalized spacial score (nSPS) is 16.7. The molecule has 0 saturated carbocycles. The second kappa shape index (κ2) is 8.50. The minimum atomic E-state index is -0.257. The number of aromatic amines is 1. The second-order valence-corrected chi connectivity index (χ2v) is 9.28. The Balaban J connectivity index is 1.14. The molecule has 1 aromatic heterocycles. The third kappa shape index (κ3) is 3.84. The van der Waals surface area contributed by atoms with Gasteiger partial charge in [-0.15, -0.1) is 0 Å². The molecule has 3 heterocycles. The minimum absolute atomic E-state index is 0.106. The van der Waals surface area contributed by atoms with Crippen LogP contribution in [0.25, 0.3) is 10.9 Å². The summed E-state index contributed by atoms with van der Waals surface area (Å²) in [7, 11) is 0. The van der Waals surface area contributed by atoms with Crippen LogP contribution >= 0.6 is 0 Å². The van der Waals surface area contributed by atoms with Crippen LogP contribution < -0.4 is 0 Å². The summed E-state index contributed by atoms with van der Waals surface area (Å²) < 4.78 is 0. The topological polar surface area (TPSA) is 73.5 Å². The van der Waals surface area contributed by atoms with Gasteiger partial charge in [-0.25, -0.2) is 0 Å². The average molecular weight is 444 g/mol. The lowest BCUT2D eigenvalue weighted by Crippen LogP contribution is -2.38. The van der Waals surface area contributed by atoms with Gasteiger partial charge in [-0.1, -0.05) is 23.8 Å². The summed E-state index contributed by atoms with van der Waals surface area (Å²) in [6.45, 7) is 6.06. The molecule has 1 saturated heterocycles. The summed E-state index contributed by atoms with van der Waals surface area (Å²) >= 11 is 0. The number of H-pyrrole nitrogens is 1. The number of piperidine rings is 1. The zero-order valence-corrected chi connectivity index (χ0v) is 19.2. The highest BCUT2D eigenvalue weighted by molar-refractivity contribution is 6.21. The standard InChI is InChI=1S/C27H29N3O3/c1-17-9-10-23-22(16-17)18(2)25(28-23)19-11-14-29(15-12-19)24(31)8-5-13-30-26(32)20-6-3-4-7-21(20)27(30)33/h3-4,6-7,9-10,16,19,28H,5,8,11-15H2,1-2H3. The molecule has 2 aromatic carbocycles. The molecule has 2 aliphatic rings. The molecule has 0 radical (unpaired) electrons. The van der Waals surface area contributed by atoms with Crippen molar-refractivity contribution in [1.82, 2.24) is 14.8 Å². The molecule has 33 heavy (non-hydrogen) atoms. The van der Waals surface area contributed by atoms with Crippen LogP contribution in [0.5, 0.6) is 0 Å². The van der Waals surface area contributed by atoms with Crippen molar-refractivity contribution in [2.24, 2.45) is 0 Å². The van der Waals surface area contributed by atoms with Gasteiger partial charge in [0.05, 0.1) is 11.1 Å². The fourth-order valence-corrected chi connectivity index (χ4v) is 5.28. The number of amides is 3. The van der Waals surface area contributed by atoms with Crippen LogP contribution in [0.3, 0.4) is 0 Å². The Labute approximate surface area is 193 Å². The third-order valence-electron chi connectivity index (χ3n) is 7.16. The minimum Gasteiger partial charge on any atom is -0.358 e. The number of hydrogen-bond acceptors (Lipinski definition) is 3.